The fraction of sp³-hybridized carbons (Fsp3) is 0.167. The molecular weight excluding hydrogens is 292 g/mol. The molecule has 0 aliphatic carbocycles. The Bertz CT molecular complexity index is 527. The molecule has 90 valence electrons. The lowest BCUT2D eigenvalue weighted by molar-refractivity contribution is 0.444. The van der Waals surface area contributed by atoms with E-state index in [0.29, 0.717) is 16.0 Å². The number of halogens is 3. The smallest absolute Gasteiger partial charge is 0.169 e. The van der Waals surface area contributed by atoms with Crippen molar-refractivity contribution in [2.75, 3.05) is 0 Å². The SMILES string of the molecule is NC(Cc1ccc(F)cc1F)c1ccc(Br)o1. The molecule has 2 aromatic rings. The summed E-state index contributed by atoms with van der Waals surface area (Å²) in [6.45, 7) is 0. The maximum Gasteiger partial charge on any atom is 0.169 e. The lowest BCUT2D eigenvalue weighted by atomic mass is 10.0. The van der Waals surface area contributed by atoms with Crippen LogP contribution in [0.5, 0.6) is 0 Å². The van der Waals surface area contributed by atoms with Crippen LogP contribution in [-0.2, 0) is 6.42 Å². The van der Waals surface area contributed by atoms with Crippen LogP contribution in [0.25, 0.3) is 0 Å². The van der Waals surface area contributed by atoms with Crippen molar-refractivity contribution in [3.63, 3.8) is 0 Å². The van der Waals surface area contributed by atoms with E-state index < -0.39 is 17.7 Å². The molecule has 1 aromatic heterocycles. The molecule has 2 rings (SSSR count). The van der Waals surface area contributed by atoms with E-state index >= 15 is 0 Å². The minimum atomic E-state index is -0.597. The summed E-state index contributed by atoms with van der Waals surface area (Å²) in [4.78, 5) is 0. The topological polar surface area (TPSA) is 39.2 Å². The second-order valence-corrected chi connectivity index (χ2v) is 4.47. The Morgan fingerprint density at radius 1 is 1.24 bits per heavy atom. The number of hydrogen-bond acceptors (Lipinski definition) is 2. The summed E-state index contributed by atoms with van der Waals surface area (Å²) in [5.41, 5.74) is 6.24. The zero-order chi connectivity index (χ0) is 12.4. The fourth-order valence-corrected chi connectivity index (χ4v) is 1.87. The molecule has 0 fully saturated rings. The highest BCUT2D eigenvalue weighted by Crippen LogP contribution is 2.23. The van der Waals surface area contributed by atoms with Gasteiger partial charge in [-0.2, -0.15) is 0 Å². The van der Waals surface area contributed by atoms with Crippen LogP contribution in [0, 0.1) is 11.6 Å². The van der Waals surface area contributed by atoms with E-state index in [9.17, 15) is 8.78 Å². The molecule has 0 saturated heterocycles. The number of nitrogens with two attached hydrogens (primary N) is 1. The summed E-state index contributed by atoms with van der Waals surface area (Å²) >= 11 is 3.16. The average molecular weight is 302 g/mol. The van der Waals surface area contributed by atoms with E-state index in [1.165, 1.54) is 12.1 Å². The minimum Gasteiger partial charge on any atom is -0.453 e. The van der Waals surface area contributed by atoms with Gasteiger partial charge in [0.1, 0.15) is 17.4 Å². The van der Waals surface area contributed by atoms with Crippen molar-refractivity contribution in [2.24, 2.45) is 5.73 Å². The molecule has 1 atom stereocenters. The first-order valence-corrected chi connectivity index (χ1v) is 5.80. The van der Waals surface area contributed by atoms with E-state index in [4.69, 9.17) is 10.2 Å². The Morgan fingerprint density at radius 3 is 2.59 bits per heavy atom. The summed E-state index contributed by atoms with van der Waals surface area (Å²) in [6, 6.07) is 6.43. The van der Waals surface area contributed by atoms with Crippen molar-refractivity contribution >= 4 is 15.9 Å². The van der Waals surface area contributed by atoms with Gasteiger partial charge in [-0.1, -0.05) is 6.07 Å². The largest absolute Gasteiger partial charge is 0.453 e. The molecule has 0 spiro atoms. The monoisotopic (exact) mass is 301 g/mol. The Hall–Kier alpha value is -1.20. The second-order valence-electron chi connectivity index (χ2n) is 3.69. The van der Waals surface area contributed by atoms with Gasteiger partial charge in [-0.3, -0.25) is 0 Å². The van der Waals surface area contributed by atoms with E-state index in [2.05, 4.69) is 15.9 Å². The van der Waals surface area contributed by atoms with Crippen LogP contribution in [0.15, 0.2) is 39.4 Å². The summed E-state index contributed by atoms with van der Waals surface area (Å²) in [6.07, 6.45) is 0.256. The predicted octanol–water partition coefficient (Wildman–Crippen LogP) is 3.56. The zero-order valence-electron chi connectivity index (χ0n) is 8.79. The minimum absolute atomic E-state index is 0.256. The van der Waals surface area contributed by atoms with Crippen molar-refractivity contribution in [3.05, 3.63) is 58.0 Å². The van der Waals surface area contributed by atoms with Crippen LogP contribution in [0.3, 0.4) is 0 Å². The van der Waals surface area contributed by atoms with Crippen LogP contribution >= 0.6 is 15.9 Å². The maximum absolute atomic E-state index is 13.4. The van der Waals surface area contributed by atoms with Gasteiger partial charge >= 0.3 is 0 Å². The van der Waals surface area contributed by atoms with Gasteiger partial charge in [-0.05, 0) is 46.1 Å². The first kappa shape index (κ1) is 12.3. The highest BCUT2D eigenvalue weighted by atomic mass is 79.9. The van der Waals surface area contributed by atoms with Crippen LogP contribution < -0.4 is 5.73 Å². The van der Waals surface area contributed by atoms with Crippen molar-refractivity contribution in [1.29, 1.82) is 0 Å². The molecule has 0 amide bonds. The number of rotatable bonds is 3. The quantitative estimate of drug-likeness (QED) is 0.941. The Morgan fingerprint density at radius 2 is 2.00 bits per heavy atom. The number of furan rings is 1. The highest BCUT2D eigenvalue weighted by Gasteiger charge is 2.14. The molecule has 2 nitrogen and oxygen atoms in total. The summed E-state index contributed by atoms with van der Waals surface area (Å²) in [5.74, 6) is -0.632. The van der Waals surface area contributed by atoms with E-state index in [-0.39, 0.29) is 6.42 Å². The van der Waals surface area contributed by atoms with Crippen LogP contribution in [0.4, 0.5) is 8.78 Å². The molecule has 0 radical (unpaired) electrons. The highest BCUT2D eigenvalue weighted by molar-refractivity contribution is 9.10. The van der Waals surface area contributed by atoms with Crippen molar-refractivity contribution in [2.45, 2.75) is 12.5 Å². The average Bonchev–Trinajstić information content (AvgIpc) is 2.69. The Labute approximate surface area is 106 Å². The van der Waals surface area contributed by atoms with Crippen molar-refractivity contribution in [1.82, 2.24) is 0 Å². The lowest BCUT2D eigenvalue weighted by Gasteiger charge is -2.09. The van der Waals surface area contributed by atoms with Crippen LogP contribution in [-0.4, -0.2) is 0 Å². The van der Waals surface area contributed by atoms with Crippen molar-refractivity contribution < 1.29 is 13.2 Å². The van der Waals surface area contributed by atoms with Gasteiger partial charge in [0.15, 0.2) is 4.67 Å². The third-order valence-electron chi connectivity index (χ3n) is 2.41. The van der Waals surface area contributed by atoms with Crippen molar-refractivity contribution in [3.8, 4) is 0 Å². The Balaban J connectivity index is 2.15. The molecular formula is C12H10BrF2NO. The molecule has 0 aliphatic rings. The van der Waals surface area contributed by atoms with E-state index in [0.717, 1.165) is 6.07 Å². The summed E-state index contributed by atoms with van der Waals surface area (Å²) in [7, 11) is 0. The number of hydrogen-bond donors (Lipinski definition) is 1. The first-order chi connectivity index (χ1) is 8.06. The van der Waals surface area contributed by atoms with Crippen LogP contribution in [0.2, 0.25) is 0 Å². The van der Waals surface area contributed by atoms with Gasteiger partial charge in [0.25, 0.3) is 0 Å². The summed E-state index contributed by atoms with van der Waals surface area (Å²) < 4.78 is 32.0. The molecule has 0 saturated carbocycles. The normalized spacial score (nSPS) is 12.7. The molecule has 5 heteroatoms. The number of benzene rings is 1. The molecule has 1 aromatic carbocycles. The zero-order valence-corrected chi connectivity index (χ0v) is 10.4. The molecule has 1 unspecified atom stereocenters. The third kappa shape index (κ3) is 2.92. The Kier molecular flexibility index (Phi) is 3.59. The fourth-order valence-electron chi connectivity index (χ4n) is 1.55. The second kappa shape index (κ2) is 4.98. The van der Waals surface area contributed by atoms with Gasteiger partial charge in [-0.15, -0.1) is 0 Å². The lowest BCUT2D eigenvalue weighted by Crippen LogP contribution is -2.13. The molecule has 2 N–H and O–H groups in total. The summed E-state index contributed by atoms with van der Waals surface area (Å²) in [5, 5.41) is 0. The molecule has 17 heavy (non-hydrogen) atoms. The van der Waals surface area contributed by atoms with Gasteiger partial charge in [-0.25, -0.2) is 8.78 Å². The molecule has 0 aliphatic heterocycles. The van der Waals surface area contributed by atoms with Gasteiger partial charge < -0.3 is 10.2 Å². The predicted molar refractivity (Wildman–Crippen MR) is 63.4 cm³/mol. The maximum atomic E-state index is 13.4. The van der Waals surface area contributed by atoms with Gasteiger partial charge in [0.2, 0.25) is 0 Å². The van der Waals surface area contributed by atoms with Gasteiger partial charge in [0, 0.05) is 6.07 Å². The standard InChI is InChI=1S/C12H10BrF2NO/c13-12-4-3-11(17-12)10(16)5-7-1-2-8(14)6-9(7)15/h1-4,6,10H,5,16H2. The first-order valence-electron chi connectivity index (χ1n) is 5.01. The molecule has 1 heterocycles. The van der Waals surface area contributed by atoms with E-state index in [1.54, 1.807) is 12.1 Å². The van der Waals surface area contributed by atoms with E-state index in [1.807, 2.05) is 0 Å². The molecule has 0 bridgehead atoms. The van der Waals surface area contributed by atoms with Crippen LogP contribution in [0.1, 0.15) is 17.4 Å². The van der Waals surface area contributed by atoms with Gasteiger partial charge in [0.05, 0.1) is 6.04 Å². The third-order valence-corrected chi connectivity index (χ3v) is 2.84.